The summed E-state index contributed by atoms with van der Waals surface area (Å²) in [5.74, 6) is 0. The molecule has 0 amide bonds. The van der Waals surface area contributed by atoms with Crippen molar-refractivity contribution in [3.8, 4) is 33.6 Å². The van der Waals surface area contributed by atoms with E-state index in [2.05, 4.69) is 193 Å². The number of nitrogens with zero attached hydrogens (tertiary/aromatic N) is 2. The fraction of sp³-hybridized carbons (Fsp3) is 0.0588. The highest BCUT2D eigenvalue weighted by Gasteiger charge is 2.38. The Kier molecular flexibility index (Phi) is 5.84. The van der Waals surface area contributed by atoms with Gasteiger partial charge in [0, 0.05) is 43.4 Å². The Morgan fingerprint density at radius 1 is 0.444 bits per heavy atom. The van der Waals surface area contributed by atoms with Crippen LogP contribution in [0.15, 0.2) is 174 Å². The Morgan fingerprint density at radius 2 is 1.09 bits per heavy atom. The molecule has 8 aromatic carbocycles. The monoisotopic (exact) mass is 690 g/mol. The van der Waals surface area contributed by atoms with E-state index < -0.39 is 0 Å². The normalized spacial score (nSPS) is 13.5. The Bertz CT molecular complexity index is 3350. The van der Waals surface area contributed by atoms with E-state index in [1.165, 1.54) is 82.7 Å². The van der Waals surface area contributed by atoms with Crippen LogP contribution >= 0.6 is 0 Å². The van der Waals surface area contributed by atoms with Crippen LogP contribution in [0.4, 0.5) is 0 Å². The number of rotatable bonds is 3. The molecule has 0 saturated heterocycles. The molecule has 0 saturated carbocycles. The first-order valence-electron chi connectivity index (χ1n) is 18.8. The molecule has 1 aliphatic carbocycles. The van der Waals surface area contributed by atoms with Crippen LogP contribution in [0.1, 0.15) is 25.0 Å². The molecule has 3 aromatic heterocycles. The van der Waals surface area contributed by atoms with Gasteiger partial charge in [-0.2, -0.15) is 0 Å². The minimum absolute atomic E-state index is 0.194. The Labute approximate surface area is 311 Å². The number of para-hydroxylation sites is 4. The molecule has 1 aliphatic rings. The van der Waals surface area contributed by atoms with Crippen molar-refractivity contribution < 1.29 is 4.42 Å². The molecule has 3 heterocycles. The van der Waals surface area contributed by atoms with E-state index in [1.807, 2.05) is 0 Å². The maximum absolute atomic E-state index is 6.72. The lowest BCUT2D eigenvalue weighted by Crippen LogP contribution is -2.16. The quantitative estimate of drug-likeness (QED) is 0.181. The highest BCUT2D eigenvalue weighted by Crippen LogP contribution is 2.53. The van der Waals surface area contributed by atoms with Crippen molar-refractivity contribution in [2.45, 2.75) is 19.3 Å². The van der Waals surface area contributed by atoms with Gasteiger partial charge in [0.2, 0.25) is 0 Å². The maximum Gasteiger partial charge on any atom is 0.159 e. The molecule has 3 nitrogen and oxygen atoms in total. The minimum atomic E-state index is -0.194. The highest BCUT2D eigenvalue weighted by molar-refractivity contribution is 6.16. The molecular formula is C51H34N2O. The summed E-state index contributed by atoms with van der Waals surface area (Å²) < 4.78 is 11.6. The smallest absolute Gasteiger partial charge is 0.159 e. The summed E-state index contributed by atoms with van der Waals surface area (Å²) in [6.45, 7) is 4.76. The molecule has 0 aliphatic heterocycles. The van der Waals surface area contributed by atoms with E-state index in [9.17, 15) is 0 Å². The van der Waals surface area contributed by atoms with Crippen LogP contribution < -0.4 is 0 Å². The predicted octanol–water partition coefficient (Wildman–Crippen LogP) is 13.8. The Balaban J connectivity index is 1.15. The van der Waals surface area contributed by atoms with Crippen LogP contribution in [0.5, 0.6) is 0 Å². The van der Waals surface area contributed by atoms with E-state index in [4.69, 9.17) is 4.42 Å². The zero-order valence-electron chi connectivity index (χ0n) is 30.0. The number of benzene rings is 8. The second-order valence-corrected chi connectivity index (χ2v) is 15.3. The van der Waals surface area contributed by atoms with Gasteiger partial charge in [0.15, 0.2) is 5.58 Å². The number of hydrogen-bond donors (Lipinski definition) is 0. The van der Waals surface area contributed by atoms with Crippen LogP contribution in [0, 0.1) is 0 Å². The van der Waals surface area contributed by atoms with Crippen molar-refractivity contribution in [1.82, 2.24) is 9.13 Å². The summed E-state index contributed by atoms with van der Waals surface area (Å²) in [5, 5.41) is 7.26. The predicted molar refractivity (Wildman–Crippen MR) is 225 cm³/mol. The van der Waals surface area contributed by atoms with Crippen molar-refractivity contribution in [1.29, 1.82) is 0 Å². The molecule has 12 rings (SSSR count). The topological polar surface area (TPSA) is 23.0 Å². The molecule has 0 fully saturated rings. The second kappa shape index (κ2) is 10.6. The molecule has 0 unspecified atom stereocenters. The third kappa shape index (κ3) is 3.85. The van der Waals surface area contributed by atoms with Gasteiger partial charge in [-0.3, -0.25) is 0 Å². The van der Waals surface area contributed by atoms with Gasteiger partial charge in [0.25, 0.3) is 0 Å². The molecule has 3 heteroatoms. The summed E-state index contributed by atoms with van der Waals surface area (Å²) in [5.41, 5.74) is 16.5. The molecule has 0 spiro atoms. The molecule has 0 radical (unpaired) electrons. The average molecular weight is 691 g/mol. The maximum atomic E-state index is 6.72. The number of hydrogen-bond acceptors (Lipinski definition) is 1. The van der Waals surface area contributed by atoms with E-state index in [0.29, 0.717) is 0 Å². The zero-order valence-corrected chi connectivity index (χ0v) is 30.0. The van der Waals surface area contributed by atoms with Crippen LogP contribution in [-0.4, -0.2) is 9.13 Å². The first-order chi connectivity index (χ1) is 26.6. The summed E-state index contributed by atoms with van der Waals surface area (Å²) in [6, 6.07) is 62.0. The zero-order chi connectivity index (χ0) is 35.7. The molecule has 254 valence electrons. The van der Waals surface area contributed by atoms with Gasteiger partial charge in [-0.15, -0.1) is 0 Å². The van der Waals surface area contributed by atoms with Crippen LogP contribution in [0.3, 0.4) is 0 Å². The van der Waals surface area contributed by atoms with E-state index in [-0.39, 0.29) is 5.41 Å². The van der Waals surface area contributed by atoms with Gasteiger partial charge in [-0.1, -0.05) is 129 Å². The van der Waals surface area contributed by atoms with Gasteiger partial charge in [0.05, 0.1) is 27.8 Å². The SMILES string of the molecule is CC1(C)c2ccccc2-c2ccc3c4cc(-c5ccc6c(c5)c5ccccc5n6-c5ccccc5)ccc4n(-c4cccc5c4oc4ccccc45)c3c21. The highest BCUT2D eigenvalue weighted by atomic mass is 16.3. The molecule has 0 atom stereocenters. The fourth-order valence-electron chi connectivity index (χ4n) is 9.71. The lowest BCUT2D eigenvalue weighted by molar-refractivity contribution is 0.660. The van der Waals surface area contributed by atoms with Crippen molar-refractivity contribution in [3.05, 3.63) is 181 Å². The largest absolute Gasteiger partial charge is 0.454 e. The second-order valence-electron chi connectivity index (χ2n) is 15.3. The Morgan fingerprint density at radius 3 is 1.93 bits per heavy atom. The van der Waals surface area contributed by atoms with Crippen LogP contribution in [-0.2, 0) is 5.41 Å². The lowest BCUT2D eigenvalue weighted by Gasteiger charge is -2.23. The molecule has 0 bridgehead atoms. The van der Waals surface area contributed by atoms with Crippen molar-refractivity contribution in [3.63, 3.8) is 0 Å². The van der Waals surface area contributed by atoms with Crippen LogP contribution in [0.2, 0.25) is 0 Å². The lowest BCUT2D eigenvalue weighted by atomic mass is 9.81. The molecule has 54 heavy (non-hydrogen) atoms. The van der Waals surface area contributed by atoms with Gasteiger partial charge in [-0.25, -0.2) is 0 Å². The standard InChI is InChI=1S/C51H34N2O/c1-51(2)42-19-9-6-15-34(42)37-25-26-38-41-30-32(31-23-27-44-40(29-31)35-16-7-10-20-43(35)52(44)33-13-4-3-5-14-33)24-28-45(41)53(49(38)48(37)51)46-21-12-18-39-36-17-8-11-22-47(36)54-50(39)46/h3-30H,1-2H3. The summed E-state index contributed by atoms with van der Waals surface area (Å²) in [4.78, 5) is 0. The molecule has 11 aromatic rings. The third-order valence-corrected chi connectivity index (χ3v) is 12.1. The first kappa shape index (κ1) is 29.7. The molecular weight excluding hydrogens is 657 g/mol. The Hall–Kier alpha value is -6.84. The summed E-state index contributed by atoms with van der Waals surface area (Å²) in [6.07, 6.45) is 0. The van der Waals surface area contributed by atoms with Crippen LogP contribution in [0.25, 0.3) is 99.2 Å². The van der Waals surface area contributed by atoms with Crippen molar-refractivity contribution in [2.24, 2.45) is 0 Å². The van der Waals surface area contributed by atoms with Gasteiger partial charge in [-0.05, 0) is 88.0 Å². The average Bonchev–Trinajstić information content (AvgIpc) is 3.93. The minimum Gasteiger partial charge on any atom is -0.454 e. The van der Waals surface area contributed by atoms with E-state index in [0.717, 1.165) is 27.6 Å². The third-order valence-electron chi connectivity index (χ3n) is 12.1. The van der Waals surface area contributed by atoms with E-state index in [1.54, 1.807) is 0 Å². The van der Waals surface area contributed by atoms with Gasteiger partial charge < -0.3 is 13.6 Å². The van der Waals surface area contributed by atoms with Gasteiger partial charge in [0.1, 0.15) is 5.58 Å². The van der Waals surface area contributed by atoms with Crippen molar-refractivity contribution in [2.75, 3.05) is 0 Å². The van der Waals surface area contributed by atoms with Crippen molar-refractivity contribution >= 4 is 65.6 Å². The summed E-state index contributed by atoms with van der Waals surface area (Å²) >= 11 is 0. The number of fused-ring (bicyclic) bond motifs is 13. The molecule has 0 N–H and O–H groups in total. The summed E-state index contributed by atoms with van der Waals surface area (Å²) in [7, 11) is 0. The fourth-order valence-corrected chi connectivity index (χ4v) is 9.71. The first-order valence-corrected chi connectivity index (χ1v) is 18.8. The van der Waals surface area contributed by atoms with Gasteiger partial charge >= 0.3 is 0 Å². The van der Waals surface area contributed by atoms with E-state index >= 15 is 0 Å². The number of aromatic nitrogens is 2. The number of furan rings is 1.